The number of carbonyl (C=O) groups is 2. The highest BCUT2D eigenvalue weighted by Crippen LogP contribution is 2.30. The monoisotopic (exact) mass is 409 g/mol. The summed E-state index contributed by atoms with van der Waals surface area (Å²) < 4.78 is 53.0. The normalized spacial score (nSPS) is 11.2. The molecule has 2 aromatic rings. The van der Waals surface area contributed by atoms with E-state index in [1.54, 1.807) is 12.1 Å². The Hall–Kier alpha value is -3.49. The molecule has 1 amide bonds. The van der Waals surface area contributed by atoms with Gasteiger partial charge in [0.25, 0.3) is 5.91 Å². The maximum atomic E-state index is 12.7. The number of hydrogen-bond donors (Lipinski definition) is 1. The fourth-order valence-electron chi connectivity index (χ4n) is 2.28. The van der Waals surface area contributed by atoms with E-state index in [1.807, 2.05) is 0 Å². The van der Waals surface area contributed by atoms with Crippen molar-refractivity contribution >= 4 is 23.6 Å². The van der Waals surface area contributed by atoms with Crippen molar-refractivity contribution in [2.75, 3.05) is 26.1 Å². The van der Waals surface area contributed by atoms with Crippen LogP contribution < -0.4 is 14.8 Å². The molecule has 0 radical (unpaired) electrons. The summed E-state index contributed by atoms with van der Waals surface area (Å²) in [5, 5.41) is 2.52. The van der Waals surface area contributed by atoms with Gasteiger partial charge in [0.15, 0.2) is 18.1 Å². The van der Waals surface area contributed by atoms with Gasteiger partial charge in [-0.1, -0.05) is 12.1 Å². The molecule has 6 nitrogen and oxygen atoms in total. The zero-order valence-corrected chi connectivity index (χ0v) is 15.6. The Morgan fingerprint density at radius 1 is 1.03 bits per heavy atom. The minimum absolute atomic E-state index is 0.173. The summed E-state index contributed by atoms with van der Waals surface area (Å²) in [4.78, 5) is 23.6. The molecule has 154 valence electrons. The van der Waals surface area contributed by atoms with E-state index in [0.29, 0.717) is 17.2 Å². The van der Waals surface area contributed by atoms with Gasteiger partial charge in [0.2, 0.25) is 0 Å². The lowest BCUT2D eigenvalue weighted by molar-refractivity contribution is -0.142. The van der Waals surface area contributed by atoms with Gasteiger partial charge in [0.1, 0.15) is 0 Å². The fourth-order valence-corrected chi connectivity index (χ4v) is 2.28. The number of anilines is 1. The SMILES string of the molecule is COc1ccc(NC(=O)COC(=O)/C=C/c2cccc(C(F)(F)F)c2)cc1OC. The first-order valence-electron chi connectivity index (χ1n) is 8.27. The van der Waals surface area contributed by atoms with E-state index >= 15 is 0 Å². The number of alkyl halides is 3. The number of benzene rings is 2. The first-order valence-corrected chi connectivity index (χ1v) is 8.27. The highest BCUT2D eigenvalue weighted by Gasteiger charge is 2.30. The van der Waals surface area contributed by atoms with Gasteiger partial charge in [-0.2, -0.15) is 13.2 Å². The van der Waals surface area contributed by atoms with Gasteiger partial charge in [0, 0.05) is 17.8 Å². The molecule has 0 bridgehead atoms. The highest BCUT2D eigenvalue weighted by atomic mass is 19.4. The number of rotatable bonds is 7. The van der Waals surface area contributed by atoms with E-state index in [1.165, 1.54) is 38.5 Å². The van der Waals surface area contributed by atoms with Gasteiger partial charge >= 0.3 is 12.1 Å². The number of nitrogens with one attached hydrogen (secondary N) is 1. The van der Waals surface area contributed by atoms with Crippen molar-refractivity contribution in [1.82, 2.24) is 0 Å². The molecule has 0 aliphatic heterocycles. The maximum absolute atomic E-state index is 12.7. The molecule has 0 saturated carbocycles. The van der Waals surface area contributed by atoms with Crippen molar-refractivity contribution in [2.45, 2.75) is 6.18 Å². The van der Waals surface area contributed by atoms with E-state index in [0.717, 1.165) is 18.2 Å². The Labute approximate surface area is 164 Å². The summed E-state index contributed by atoms with van der Waals surface area (Å²) in [6.07, 6.45) is -2.37. The third-order valence-corrected chi connectivity index (χ3v) is 3.64. The van der Waals surface area contributed by atoms with Gasteiger partial charge in [-0.25, -0.2) is 4.79 Å². The van der Waals surface area contributed by atoms with Gasteiger partial charge < -0.3 is 19.5 Å². The molecule has 2 aromatic carbocycles. The first kappa shape index (κ1) is 21.8. The van der Waals surface area contributed by atoms with Crippen LogP contribution in [-0.4, -0.2) is 32.7 Å². The Bertz CT molecular complexity index is 909. The molecule has 0 fully saturated rings. The van der Waals surface area contributed by atoms with E-state index < -0.39 is 30.2 Å². The zero-order chi connectivity index (χ0) is 21.4. The van der Waals surface area contributed by atoms with Crippen LogP contribution in [0.2, 0.25) is 0 Å². The molecular weight excluding hydrogens is 391 g/mol. The Morgan fingerprint density at radius 3 is 2.41 bits per heavy atom. The number of methoxy groups -OCH3 is 2. The van der Waals surface area contributed by atoms with Gasteiger partial charge in [-0.05, 0) is 35.9 Å². The summed E-state index contributed by atoms with van der Waals surface area (Å²) in [5.41, 5.74) is -0.253. The van der Waals surface area contributed by atoms with Gasteiger partial charge in [-0.15, -0.1) is 0 Å². The first-order chi connectivity index (χ1) is 13.7. The molecule has 0 aliphatic rings. The van der Waals surface area contributed by atoms with Crippen LogP contribution in [-0.2, 0) is 20.5 Å². The summed E-state index contributed by atoms with van der Waals surface area (Å²) in [5.74, 6) is -0.578. The molecule has 0 saturated heterocycles. The van der Waals surface area contributed by atoms with E-state index in [4.69, 9.17) is 14.2 Å². The molecule has 29 heavy (non-hydrogen) atoms. The smallest absolute Gasteiger partial charge is 0.416 e. The summed E-state index contributed by atoms with van der Waals surface area (Å²) in [6, 6.07) is 9.16. The van der Waals surface area contributed by atoms with Gasteiger partial charge in [0.05, 0.1) is 19.8 Å². The number of esters is 1. The third-order valence-electron chi connectivity index (χ3n) is 3.64. The number of hydrogen-bond acceptors (Lipinski definition) is 5. The number of carbonyl (C=O) groups excluding carboxylic acids is 2. The highest BCUT2D eigenvalue weighted by molar-refractivity contribution is 5.94. The average Bonchev–Trinajstić information content (AvgIpc) is 2.70. The third kappa shape index (κ3) is 6.56. The van der Waals surface area contributed by atoms with Crippen molar-refractivity contribution in [3.63, 3.8) is 0 Å². The van der Waals surface area contributed by atoms with Crippen LogP contribution in [0.3, 0.4) is 0 Å². The predicted molar refractivity (Wildman–Crippen MR) is 99.6 cm³/mol. The van der Waals surface area contributed by atoms with Crippen LogP contribution in [0.25, 0.3) is 6.08 Å². The lowest BCUT2D eigenvalue weighted by atomic mass is 10.1. The molecular formula is C20H18F3NO5. The number of amides is 1. The van der Waals surface area contributed by atoms with Crippen molar-refractivity contribution < 1.29 is 37.0 Å². The second-order valence-corrected chi connectivity index (χ2v) is 5.68. The average molecular weight is 409 g/mol. The summed E-state index contributed by atoms with van der Waals surface area (Å²) >= 11 is 0. The minimum Gasteiger partial charge on any atom is -0.493 e. The maximum Gasteiger partial charge on any atom is 0.416 e. The summed E-state index contributed by atoms with van der Waals surface area (Å²) in [7, 11) is 2.92. The molecule has 0 aromatic heterocycles. The quantitative estimate of drug-likeness (QED) is 0.554. The van der Waals surface area contributed by atoms with Crippen LogP contribution >= 0.6 is 0 Å². The molecule has 0 heterocycles. The zero-order valence-electron chi connectivity index (χ0n) is 15.6. The summed E-state index contributed by atoms with van der Waals surface area (Å²) in [6.45, 7) is -0.569. The number of ether oxygens (including phenoxy) is 3. The second kappa shape index (κ2) is 9.63. The van der Waals surface area contributed by atoms with Gasteiger partial charge in [-0.3, -0.25) is 4.79 Å². The Morgan fingerprint density at radius 2 is 1.76 bits per heavy atom. The molecule has 0 spiro atoms. The molecule has 9 heteroatoms. The van der Waals surface area contributed by atoms with Crippen molar-refractivity contribution in [3.05, 3.63) is 59.7 Å². The molecule has 2 rings (SSSR count). The lowest BCUT2D eigenvalue weighted by Crippen LogP contribution is -2.20. The van der Waals surface area contributed by atoms with Crippen LogP contribution in [0.1, 0.15) is 11.1 Å². The Kier molecular flexibility index (Phi) is 7.24. The molecule has 0 atom stereocenters. The second-order valence-electron chi connectivity index (χ2n) is 5.68. The van der Waals surface area contributed by atoms with Crippen molar-refractivity contribution in [2.24, 2.45) is 0 Å². The standard InChI is InChI=1S/C20H18F3NO5/c1-27-16-8-7-15(11-17(16)28-2)24-18(25)12-29-19(26)9-6-13-4-3-5-14(10-13)20(21,22)23/h3-11H,12H2,1-2H3,(H,24,25)/b9-6+. The lowest BCUT2D eigenvalue weighted by Gasteiger charge is -2.10. The van der Waals surface area contributed by atoms with Crippen LogP contribution in [0.15, 0.2) is 48.5 Å². The number of halogens is 3. The Balaban J connectivity index is 1.89. The predicted octanol–water partition coefficient (Wildman–Crippen LogP) is 3.92. The van der Waals surface area contributed by atoms with Crippen LogP contribution in [0, 0.1) is 0 Å². The molecule has 0 unspecified atom stereocenters. The van der Waals surface area contributed by atoms with Crippen molar-refractivity contribution in [1.29, 1.82) is 0 Å². The molecule has 0 aliphatic carbocycles. The van der Waals surface area contributed by atoms with E-state index in [2.05, 4.69) is 5.32 Å². The van der Waals surface area contributed by atoms with Crippen LogP contribution in [0.4, 0.5) is 18.9 Å². The largest absolute Gasteiger partial charge is 0.493 e. The fraction of sp³-hybridized carbons (Fsp3) is 0.200. The topological polar surface area (TPSA) is 73.9 Å². The van der Waals surface area contributed by atoms with E-state index in [-0.39, 0.29) is 5.56 Å². The van der Waals surface area contributed by atoms with Crippen LogP contribution in [0.5, 0.6) is 11.5 Å². The molecule has 1 N–H and O–H groups in total. The van der Waals surface area contributed by atoms with E-state index in [9.17, 15) is 22.8 Å². The minimum atomic E-state index is -4.48. The van der Waals surface area contributed by atoms with Crippen molar-refractivity contribution in [3.8, 4) is 11.5 Å².